The fourth-order valence-electron chi connectivity index (χ4n) is 3.33. The summed E-state index contributed by atoms with van der Waals surface area (Å²) in [4.78, 5) is 4.60. The Bertz CT molecular complexity index is 1290. The van der Waals surface area contributed by atoms with Crippen molar-refractivity contribution in [3.63, 3.8) is 0 Å². The van der Waals surface area contributed by atoms with Crippen molar-refractivity contribution in [3.8, 4) is 11.5 Å². The van der Waals surface area contributed by atoms with E-state index in [1.807, 2.05) is 75.4 Å². The normalized spacial score (nSPS) is 12.5. The third-order valence-corrected chi connectivity index (χ3v) is 6.77. The van der Waals surface area contributed by atoms with E-state index in [-0.39, 0.29) is 27.7 Å². The molecule has 6 heteroatoms. The van der Waals surface area contributed by atoms with Crippen LogP contribution in [-0.4, -0.2) is 13.4 Å². The van der Waals surface area contributed by atoms with Crippen LogP contribution in [0.2, 0.25) is 0 Å². The van der Waals surface area contributed by atoms with Gasteiger partial charge in [-0.05, 0) is 50.6 Å². The number of rotatable bonds is 6. The molecule has 0 spiro atoms. The number of nitrogens with one attached hydrogen (secondary N) is 1. The summed E-state index contributed by atoms with van der Waals surface area (Å²) in [5.74, 6) is 0.394. The second kappa shape index (κ2) is 8.40. The first-order valence-electron chi connectivity index (χ1n) is 10.1. The van der Waals surface area contributed by atoms with Crippen molar-refractivity contribution in [3.05, 3.63) is 95.6 Å². The van der Waals surface area contributed by atoms with Crippen LogP contribution >= 0.6 is 0 Å². The van der Waals surface area contributed by atoms with Crippen molar-refractivity contribution in [1.29, 1.82) is 0 Å². The molecule has 1 unspecified atom stereocenters. The van der Waals surface area contributed by atoms with Gasteiger partial charge in [0.05, 0.1) is 10.9 Å². The maximum absolute atomic E-state index is 13.4. The molecule has 1 heterocycles. The molecule has 0 saturated carbocycles. The van der Waals surface area contributed by atoms with E-state index in [0.29, 0.717) is 0 Å². The van der Waals surface area contributed by atoms with Crippen LogP contribution < -0.4 is 5.32 Å². The van der Waals surface area contributed by atoms with Crippen LogP contribution in [0.1, 0.15) is 29.7 Å². The van der Waals surface area contributed by atoms with E-state index in [2.05, 4.69) is 10.3 Å². The molecule has 3 aromatic carbocycles. The Morgan fingerprint density at radius 1 is 0.871 bits per heavy atom. The zero-order chi connectivity index (χ0) is 22.0. The lowest BCUT2D eigenvalue weighted by atomic mass is 10.1. The van der Waals surface area contributed by atoms with Crippen molar-refractivity contribution in [2.45, 2.75) is 36.7 Å². The van der Waals surface area contributed by atoms with E-state index < -0.39 is 9.84 Å². The zero-order valence-electron chi connectivity index (χ0n) is 17.7. The molecule has 0 fully saturated rings. The van der Waals surface area contributed by atoms with Crippen LogP contribution in [-0.2, 0) is 9.84 Å². The highest BCUT2D eigenvalue weighted by Gasteiger charge is 2.29. The number of aromatic nitrogens is 1. The fourth-order valence-corrected chi connectivity index (χ4v) is 4.60. The molecule has 0 saturated heterocycles. The minimum Gasteiger partial charge on any atom is -0.419 e. The molecule has 158 valence electrons. The molecule has 4 rings (SSSR count). The summed E-state index contributed by atoms with van der Waals surface area (Å²) in [5.41, 5.74) is 3.75. The summed E-state index contributed by atoms with van der Waals surface area (Å²) in [6.45, 7) is 5.83. The highest BCUT2D eigenvalue weighted by molar-refractivity contribution is 7.91. The smallest absolute Gasteiger partial charge is 0.234 e. The molecule has 0 radical (unpaired) electrons. The van der Waals surface area contributed by atoms with Gasteiger partial charge in [0.25, 0.3) is 0 Å². The molecule has 0 aliphatic rings. The quantitative estimate of drug-likeness (QED) is 0.407. The second-order valence-corrected chi connectivity index (χ2v) is 9.48. The molecule has 31 heavy (non-hydrogen) atoms. The van der Waals surface area contributed by atoms with Crippen molar-refractivity contribution < 1.29 is 12.8 Å². The van der Waals surface area contributed by atoms with Gasteiger partial charge in [0.1, 0.15) is 0 Å². The number of hydrogen-bond acceptors (Lipinski definition) is 5. The number of sulfone groups is 1. The summed E-state index contributed by atoms with van der Waals surface area (Å²) in [7, 11) is -3.88. The summed E-state index contributed by atoms with van der Waals surface area (Å²) in [6.07, 6.45) is 0. The lowest BCUT2D eigenvalue weighted by Gasteiger charge is -2.14. The van der Waals surface area contributed by atoms with Crippen molar-refractivity contribution in [1.82, 2.24) is 4.98 Å². The lowest BCUT2D eigenvalue weighted by Crippen LogP contribution is -2.10. The first-order chi connectivity index (χ1) is 14.8. The first kappa shape index (κ1) is 20.9. The molecule has 0 aliphatic carbocycles. The van der Waals surface area contributed by atoms with Gasteiger partial charge in [-0.1, -0.05) is 65.7 Å². The Balaban J connectivity index is 1.81. The Morgan fingerprint density at radius 2 is 1.58 bits per heavy atom. The Hall–Kier alpha value is -3.38. The van der Waals surface area contributed by atoms with Gasteiger partial charge in [-0.2, -0.15) is 4.98 Å². The molecular formula is C25H24N2O3S. The predicted molar refractivity (Wildman–Crippen MR) is 122 cm³/mol. The van der Waals surface area contributed by atoms with Gasteiger partial charge in [0, 0.05) is 5.56 Å². The monoisotopic (exact) mass is 432 g/mol. The summed E-state index contributed by atoms with van der Waals surface area (Å²) >= 11 is 0. The number of anilines is 1. The Kier molecular flexibility index (Phi) is 5.65. The third kappa shape index (κ3) is 4.39. The van der Waals surface area contributed by atoms with Crippen LogP contribution in [0.25, 0.3) is 11.5 Å². The van der Waals surface area contributed by atoms with Crippen LogP contribution in [0.15, 0.2) is 93.2 Å². The van der Waals surface area contributed by atoms with Crippen LogP contribution in [0.3, 0.4) is 0 Å². The van der Waals surface area contributed by atoms with E-state index in [1.54, 1.807) is 24.3 Å². The molecule has 1 N–H and O–H groups in total. The van der Waals surface area contributed by atoms with Crippen molar-refractivity contribution >= 4 is 15.7 Å². The molecule has 0 aliphatic heterocycles. The molecule has 5 nitrogen and oxygen atoms in total. The number of nitrogens with zero attached hydrogens (tertiary/aromatic N) is 1. The van der Waals surface area contributed by atoms with E-state index >= 15 is 0 Å². The number of hydrogen-bond donors (Lipinski definition) is 1. The van der Waals surface area contributed by atoms with Gasteiger partial charge in [-0.25, -0.2) is 8.42 Å². The summed E-state index contributed by atoms with van der Waals surface area (Å²) < 4.78 is 32.8. The predicted octanol–water partition coefficient (Wildman–Crippen LogP) is 5.96. The minimum absolute atomic E-state index is 0.115. The molecule has 1 atom stereocenters. The Labute approximate surface area is 182 Å². The lowest BCUT2D eigenvalue weighted by molar-refractivity contribution is 0.570. The van der Waals surface area contributed by atoms with E-state index in [0.717, 1.165) is 22.3 Å². The van der Waals surface area contributed by atoms with Crippen LogP contribution in [0, 0.1) is 13.8 Å². The molecule has 0 amide bonds. The highest BCUT2D eigenvalue weighted by Crippen LogP contribution is 2.34. The number of aryl methyl sites for hydroxylation is 2. The summed E-state index contributed by atoms with van der Waals surface area (Å²) in [6, 6.07) is 24.0. The third-order valence-electron chi connectivity index (χ3n) is 5.09. The van der Waals surface area contributed by atoms with Crippen molar-refractivity contribution in [2.75, 3.05) is 5.32 Å². The maximum atomic E-state index is 13.4. The fraction of sp³-hybridized carbons (Fsp3) is 0.160. The van der Waals surface area contributed by atoms with E-state index in [9.17, 15) is 8.42 Å². The molecule has 0 bridgehead atoms. The van der Waals surface area contributed by atoms with Gasteiger partial charge in [0.15, 0.2) is 0 Å². The number of benzene rings is 3. The van der Waals surface area contributed by atoms with Gasteiger partial charge in [0.2, 0.25) is 26.6 Å². The maximum Gasteiger partial charge on any atom is 0.234 e. The van der Waals surface area contributed by atoms with Gasteiger partial charge >= 0.3 is 0 Å². The largest absolute Gasteiger partial charge is 0.419 e. The Morgan fingerprint density at radius 3 is 2.26 bits per heavy atom. The first-order valence-corrected chi connectivity index (χ1v) is 11.5. The van der Waals surface area contributed by atoms with Crippen molar-refractivity contribution in [2.24, 2.45) is 0 Å². The van der Waals surface area contributed by atoms with Gasteiger partial charge in [-0.3, -0.25) is 0 Å². The van der Waals surface area contributed by atoms with Gasteiger partial charge < -0.3 is 9.73 Å². The van der Waals surface area contributed by atoms with Crippen LogP contribution in [0.5, 0.6) is 0 Å². The van der Waals surface area contributed by atoms with Crippen LogP contribution in [0.4, 0.5) is 5.88 Å². The average Bonchev–Trinajstić information content (AvgIpc) is 3.19. The second-order valence-electron chi connectivity index (χ2n) is 7.62. The van der Waals surface area contributed by atoms with E-state index in [4.69, 9.17) is 4.42 Å². The summed E-state index contributed by atoms with van der Waals surface area (Å²) in [5, 5.41) is 3.10. The number of oxazole rings is 1. The van der Waals surface area contributed by atoms with Gasteiger partial charge in [-0.15, -0.1) is 0 Å². The zero-order valence-corrected chi connectivity index (χ0v) is 18.5. The molecular weight excluding hydrogens is 408 g/mol. The average molecular weight is 433 g/mol. The molecule has 4 aromatic rings. The standard InChI is InChI=1S/C25H24N2O3S/c1-17-12-14-22(15-13-17)31(28,29)25-24(26-19(3)20-9-5-4-6-10-20)30-23(27-25)21-11-7-8-18(2)16-21/h4-16,19,26H,1-3H3. The molecule has 1 aromatic heterocycles. The minimum atomic E-state index is -3.88. The highest BCUT2D eigenvalue weighted by atomic mass is 32.2. The topological polar surface area (TPSA) is 72.2 Å². The SMILES string of the molecule is Cc1ccc(S(=O)(=O)c2nc(-c3cccc(C)c3)oc2NC(C)c2ccccc2)cc1. The van der Waals surface area contributed by atoms with E-state index in [1.165, 1.54) is 0 Å².